The van der Waals surface area contributed by atoms with Crippen molar-refractivity contribution < 1.29 is 9.47 Å². The van der Waals surface area contributed by atoms with E-state index in [1.165, 1.54) is 0 Å². The maximum absolute atomic E-state index is 6.65. The summed E-state index contributed by atoms with van der Waals surface area (Å²) in [7, 11) is 0. The molecule has 0 spiro atoms. The molecule has 0 amide bonds. The van der Waals surface area contributed by atoms with Crippen molar-refractivity contribution in [1.29, 1.82) is 0 Å². The molecule has 110 valence electrons. The molecule has 0 N–H and O–H groups in total. The van der Waals surface area contributed by atoms with Crippen molar-refractivity contribution in [2.24, 2.45) is 0 Å². The third-order valence-corrected chi connectivity index (χ3v) is 5.10. The van der Waals surface area contributed by atoms with Gasteiger partial charge in [-0.25, -0.2) is 0 Å². The van der Waals surface area contributed by atoms with E-state index >= 15 is 0 Å². The van der Waals surface area contributed by atoms with Crippen LogP contribution in [0.25, 0.3) is 0 Å². The van der Waals surface area contributed by atoms with E-state index in [-0.39, 0.29) is 5.38 Å². The predicted octanol–water partition coefficient (Wildman–Crippen LogP) is 5.51. The largest absolute Gasteiger partial charge is 0.486 e. The number of ether oxygens (including phenoxy) is 2. The van der Waals surface area contributed by atoms with Crippen LogP contribution in [0.3, 0.4) is 0 Å². The Morgan fingerprint density at radius 2 is 1.76 bits per heavy atom. The van der Waals surface area contributed by atoms with Crippen LogP contribution < -0.4 is 9.47 Å². The normalized spacial score (nSPS) is 14.9. The second kappa shape index (κ2) is 6.07. The first-order valence-corrected chi connectivity index (χ1v) is 8.17. The van der Waals surface area contributed by atoms with Crippen molar-refractivity contribution >= 4 is 39.1 Å². The Hall–Kier alpha value is -0.900. The Bertz CT molecular complexity index is 688. The maximum Gasteiger partial charge on any atom is 0.162 e. The van der Waals surface area contributed by atoms with Crippen LogP contribution in [0.2, 0.25) is 5.02 Å². The molecule has 0 saturated carbocycles. The lowest BCUT2D eigenvalue weighted by Gasteiger charge is -2.22. The fraction of sp³-hybridized carbons (Fsp3) is 0.250. The lowest BCUT2D eigenvalue weighted by atomic mass is 10.0. The Kier molecular flexibility index (Phi) is 4.34. The Morgan fingerprint density at radius 3 is 2.48 bits per heavy atom. The number of rotatable bonds is 2. The minimum Gasteiger partial charge on any atom is -0.486 e. The maximum atomic E-state index is 6.65. The van der Waals surface area contributed by atoms with E-state index in [2.05, 4.69) is 15.9 Å². The summed E-state index contributed by atoms with van der Waals surface area (Å²) < 4.78 is 12.1. The summed E-state index contributed by atoms with van der Waals surface area (Å²) >= 11 is 16.6. The van der Waals surface area contributed by atoms with Crippen LogP contribution in [-0.4, -0.2) is 13.2 Å². The standard InChI is InChI=1S/C16H13BrCl2O2/c1-9-3-2-4-10(15(9)18)16(19)11-7-13-14(8-12(11)17)21-6-5-20-13/h2-4,7-8,16H,5-6H2,1H3. The van der Waals surface area contributed by atoms with Crippen molar-refractivity contribution in [1.82, 2.24) is 0 Å². The number of alkyl halides is 1. The molecule has 1 unspecified atom stereocenters. The molecule has 0 bridgehead atoms. The SMILES string of the molecule is Cc1cccc(C(Cl)c2cc3c(cc2Br)OCCO3)c1Cl. The third kappa shape index (κ3) is 2.87. The van der Waals surface area contributed by atoms with Gasteiger partial charge in [-0.3, -0.25) is 0 Å². The molecule has 2 aromatic carbocycles. The molecular weight excluding hydrogens is 375 g/mol. The molecule has 0 saturated heterocycles. The van der Waals surface area contributed by atoms with Crippen LogP contribution in [0.5, 0.6) is 11.5 Å². The van der Waals surface area contributed by atoms with Gasteiger partial charge in [0.2, 0.25) is 0 Å². The van der Waals surface area contributed by atoms with Crippen molar-refractivity contribution in [3.05, 3.63) is 56.5 Å². The molecule has 0 radical (unpaired) electrons. The topological polar surface area (TPSA) is 18.5 Å². The van der Waals surface area contributed by atoms with Crippen molar-refractivity contribution in [2.45, 2.75) is 12.3 Å². The van der Waals surface area contributed by atoms with Crippen molar-refractivity contribution in [2.75, 3.05) is 13.2 Å². The zero-order chi connectivity index (χ0) is 15.0. The first-order chi connectivity index (χ1) is 10.1. The van der Waals surface area contributed by atoms with Gasteiger partial charge in [0.25, 0.3) is 0 Å². The molecule has 2 nitrogen and oxygen atoms in total. The highest BCUT2D eigenvalue weighted by molar-refractivity contribution is 9.10. The molecule has 1 aliphatic rings. The summed E-state index contributed by atoms with van der Waals surface area (Å²) in [5, 5.41) is 0.335. The van der Waals surface area contributed by atoms with E-state index in [9.17, 15) is 0 Å². The second-order valence-corrected chi connectivity index (χ2v) is 6.53. The minimum atomic E-state index is -0.359. The monoisotopic (exact) mass is 386 g/mol. The van der Waals surface area contributed by atoms with Gasteiger partial charge in [0.15, 0.2) is 11.5 Å². The molecular formula is C16H13BrCl2O2. The average molecular weight is 388 g/mol. The molecule has 2 aromatic rings. The van der Waals surface area contributed by atoms with E-state index < -0.39 is 0 Å². The zero-order valence-electron chi connectivity index (χ0n) is 11.3. The quantitative estimate of drug-likeness (QED) is 0.632. The first kappa shape index (κ1) is 15.0. The summed E-state index contributed by atoms with van der Waals surface area (Å²) in [5.74, 6) is 1.45. The molecule has 1 heterocycles. The summed E-state index contributed by atoms with van der Waals surface area (Å²) in [6, 6.07) is 9.67. The summed E-state index contributed by atoms with van der Waals surface area (Å²) in [4.78, 5) is 0. The van der Waals surface area contributed by atoms with E-state index in [4.69, 9.17) is 32.7 Å². The van der Waals surface area contributed by atoms with Gasteiger partial charge in [-0.2, -0.15) is 0 Å². The highest BCUT2D eigenvalue weighted by atomic mass is 79.9. The number of hydrogen-bond donors (Lipinski definition) is 0. The highest BCUT2D eigenvalue weighted by Crippen LogP contribution is 2.43. The van der Waals surface area contributed by atoms with Crippen molar-refractivity contribution in [3.63, 3.8) is 0 Å². The lowest BCUT2D eigenvalue weighted by molar-refractivity contribution is 0.171. The second-order valence-electron chi connectivity index (χ2n) is 4.86. The number of aryl methyl sites for hydroxylation is 1. The summed E-state index contributed by atoms with van der Waals surface area (Å²) in [6.45, 7) is 3.08. The molecule has 5 heteroatoms. The smallest absolute Gasteiger partial charge is 0.162 e. The van der Waals surface area contributed by atoms with Crippen LogP contribution >= 0.6 is 39.1 Å². The van der Waals surface area contributed by atoms with Crippen molar-refractivity contribution in [3.8, 4) is 11.5 Å². The Labute approximate surface area is 142 Å². The van der Waals surface area contributed by atoms with Crippen LogP contribution in [0, 0.1) is 6.92 Å². The van der Waals surface area contributed by atoms with Gasteiger partial charge in [-0.1, -0.05) is 45.7 Å². The third-order valence-electron chi connectivity index (χ3n) is 3.43. The van der Waals surface area contributed by atoms with E-state index in [1.807, 2.05) is 37.3 Å². The van der Waals surface area contributed by atoms with Gasteiger partial charge >= 0.3 is 0 Å². The summed E-state index contributed by atoms with van der Waals surface area (Å²) in [5.41, 5.74) is 2.80. The number of benzene rings is 2. The molecule has 1 aliphatic heterocycles. The van der Waals surface area contributed by atoms with Gasteiger partial charge in [-0.05, 0) is 35.7 Å². The minimum absolute atomic E-state index is 0.359. The molecule has 3 rings (SSSR count). The van der Waals surface area contributed by atoms with E-state index in [0.29, 0.717) is 24.0 Å². The van der Waals surface area contributed by atoms with Gasteiger partial charge in [0.05, 0.1) is 5.38 Å². The number of hydrogen-bond acceptors (Lipinski definition) is 2. The summed E-state index contributed by atoms with van der Waals surface area (Å²) in [6.07, 6.45) is 0. The Balaban J connectivity index is 2.05. The van der Waals surface area contributed by atoms with Gasteiger partial charge in [0.1, 0.15) is 13.2 Å². The molecule has 1 atom stereocenters. The molecule has 0 fully saturated rings. The molecule has 0 aromatic heterocycles. The zero-order valence-corrected chi connectivity index (χ0v) is 14.4. The lowest BCUT2D eigenvalue weighted by Crippen LogP contribution is -2.15. The van der Waals surface area contributed by atoms with Crippen LogP contribution in [-0.2, 0) is 0 Å². The van der Waals surface area contributed by atoms with Gasteiger partial charge < -0.3 is 9.47 Å². The fourth-order valence-electron chi connectivity index (χ4n) is 2.31. The van der Waals surface area contributed by atoms with Crippen LogP contribution in [0.15, 0.2) is 34.8 Å². The number of halogens is 3. The van der Waals surface area contributed by atoms with Gasteiger partial charge in [-0.15, -0.1) is 11.6 Å². The number of fused-ring (bicyclic) bond motifs is 1. The van der Waals surface area contributed by atoms with Gasteiger partial charge in [0, 0.05) is 9.50 Å². The fourth-order valence-corrected chi connectivity index (χ4v) is 3.64. The first-order valence-electron chi connectivity index (χ1n) is 6.56. The van der Waals surface area contributed by atoms with Crippen LogP contribution in [0.4, 0.5) is 0 Å². The highest BCUT2D eigenvalue weighted by Gasteiger charge is 2.22. The molecule has 21 heavy (non-hydrogen) atoms. The average Bonchev–Trinajstić information content (AvgIpc) is 2.48. The molecule has 0 aliphatic carbocycles. The van der Waals surface area contributed by atoms with E-state index in [0.717, 1.165) is 26.9 Å². The Morgan fingerprint density at radius 1 is 1.10 bits per heavy atom. The predicted molar refractivity (Wildman–Crippen MR) is 89.0 cm³/mol. The van der Waals surface area contributed by atoms with E-state index in [1.54, 1.807) is 0 Å². The van der Waals surface area contributed by atoms with Crippen LogP contribution in [0.1, 0.15) is 22.1 Å².